The SMILES string of the molecule is CC(C)c1c(-c2ccccc2)nc2sc(C(N)=O)c(N)c2c1-c1cccs1. The van der Waals surface area contributed by atoms with Crippen molar-refractivity contribution in [3.8, 4) is 21.7 Å². The highest BCUT2D eigenvalue weighted by Gasteiger charge is 2.26. The van der Waals surface area contributed by atoms with Gasteiger partial charge in [-0.1, -0.05) is 50.2 Å². The van der Waals surface area contributed by atoms with Crippen LogP contribution in [0.4, 0.5) is 5.69 Å². The van der Waals surface area contributed by atoms with Crippen molar-refractivity contribution in [1.82, 2.24) is 4.98 Å². The third-order valence-electron chi connectivity index (χ3n) is 4.53. The molecule has 0 spiro atoms. The van der Waals surface area contributed by atoms with Crippen LogP contribution in [0.2, 0.25) is 0 Å². The smallest absolute Gasteiger partial charge is 0.260 e. The van der Waals surface area contributed by atoms with Crippen LogP contribution in [0.15, 0.2) is 47.8 Å². The molecule has 4 rings (SSSR count). The Kier molecular flexibility index (Phi) is 4.45. The fourth-order valence-electron chi connectivity index (χ4n) is 3.40. The Labute approximate surface area is 165 Å². The topological polar surface area (TPSA) is 82.0 Å². The van der Waals surface area contributed by atoms with E-state index >= 15 is 0 Å². The third-order valence-corrected chi connectivity index (χ3v) is 6.53. The summed E-state index contributed by atoms with van der Waals surface area (Å²) in [5, 5.41) is 2.88. The summed E-state index contributed by atoms with van der Waals surface area (Å²) in [5.74, 6) is -0.287. The van der Waals surface area contributed by atoms with E-state index in [1.54, 1.807) is 11.3 Å². The molecule has 0 saturated heterocycles. The normalized spacial score (nSPS) is 11.4. The molecule has 0 radical (unpaired) electrons. The predicted octanol–water partition coefficient (Wildman–Crippen LogP) is 5.50. The summed E-state index contributed by atoms with van der Waals surface area (Å²) in [5.41, 5.74) is 16.5. The molecule has 0 bridgehead atoms. The van der Waals surface area contributed by atoms with E-state index in [9.17, 15) is 4.79 Å². The van der Waals surface area contributed by atoms with Crippen molar-refractivity contribution < 1.29 is 4.79 Å². The van der Waals surface area contributed by atoms with Gasteiger partial charge in [0.25, 0.3) is 5.91 Å². The van der Waals surface area contributed by atoms with Gasteiger partial charge in [0.1, 0.15) is 9.71 Å². The molecule has 1 amide bonds. The van der Waals surface area contributed by atoms with Gasteiger partial charge in [-0.3, -0.25) is 4.79 Å². The van der Waals surface area contributed by atoms with Crippen molar-refractivity contribution in [2.45, 2.75) is 19.8 Å². The van der Waals surface area contributed by atoms with Crippen LogP contribution in [-0.4, -0.2) is 10.9 Å². The number of pyridine rings is 1. The Balaban J connectivity index is 2.20. The number of nitrogens with two attached hydrogens (primary N) is 2. The van der Waals surface area contributed by atoms with Gasteiger partial charge in [-0.2, -0.15) is 0 Å². The van der Waals surface area contributed by atoms with Crippen molar-refractivity contribution in [1.29, 1.82) is 0 Å². The molecule has 0 fully saturated rings. The van der Waals surface area contributed by atoms with Gasteiger partial charge < -0.3 is 11.5 Å². The number of aromatic nitrogens is 1. The van der Waals surface area contributed by atoms with E-state index in [4.69, 9.17) is 16.5 Å². The van der Waals surface area contributed by atoms with Gasteiger partial charge in [-0.15, -0.1) is 22.7 Å². The van der Waals surface area contributed by atoms with Crippen LogP contribution in [0, 0.1) is 0 Å². The molecule has 0 aliphatic carbocycles. The molecule has 136 valence electrons. The van der Waals surface area contributed by atoms with Crippen LogP contribution < -0.4 is 11.5 Å². The van der Waals surface area contributed by atoms with E-state index in [2.05, 4.69) is 32.0 Å². The lowest BCUT2D eigenvalue weighted by molar-refractivity contribution is 0.100. The summed E-state index contributed by atoms with van der Waals surface area (Å²) in [6.07, 6.45) is 0. The summed E-state index contributed by atoms with van der Waals surface area (Å²) in [7, 11) is 0. The molecule has 1 aromatic carbocycles. The molecular weight excluding hydrogens is 374 g/mol. The average molecular weight is 394 g/mol. The molecule has 0 saturated carbocycles. The average Bonchev–Trinajstić information content (AvgIpc) is 3.29. The molecule has 0 unspecified atom stereocenters. The molecule has 3 aromatic heterocycles. The first-order valence-corrected chi connectivity index (χ1v) is 10.3. The fraction of sp³-hybridized carbons (Fsp3) is 0.143. The summed E-state index contributed by atoms with van der Waals surface area (Å²) < 4.78 is 0. The van der Waals surface area contributed by atoms with Crippen LogP contribution in [0.1, 0.15) is 35.0 Å². The van der Waals surface area contributed by atoms with Gasteiger partial charge in [-0.05, 0) is 22.9 Å². The highest BCUT2D eigenvalue weighted by Crippen LogP contribution is 2.47. The van der Waals surface area contributed by atoms with Crippen LogP contribution >= 0.6 is 22.7 Å². The van der Waals surface area contributed by atoms with E-state index in [1.165, 1.54) is 11.3 Å². The van der Waals surface area contributed by atoms with Gasteiger partial charge in [0.15, 0.2) is 0 Å². The maximum absolute atomic E-state index is 11.9. The lowest BCUT2D eigenvalue weighted by Crippen LogP contribution is -2.10. The number of amides is 1. The van der Waals surface area contributed by atoms with E-state index < -0.39 is 5.91 Å². The molecule has 27 heavy (non-hydrogen) atoms. The minimum absolute atomic E-state index is 0.227. The number of primary amides is 1. The summed E-state index contributed by atoms with van der Waals surface area (Å²) in [4.78, 5) is 19.1. The highest BCUT2D eigenvalue weighted by molar-refractivity contribution is 7.21. The number of thiophene rings is 2. The quantitative estimate of drug-likeness (QED) is 0.480. The molecule has 0 aliphatic heterocycles. The first-order chi connectivity index (χ1) is 13.0. The lowest BCUT2D eigenvalue weighted by atomic mass is 9.90. The third kappa shape index (κ3) is 2.91. The maximum atomic E-state index is 11.9. The number of hydrogen-bond acceptors (Lipinski definition) is 5. The predicted molar refractivity (Wildman–Crippen MR) is 115 cm³/mol. The number of nitrogens with zero attached hydrogens (tertiary/aromatic N) is 1. The molecule has 4 N–H and O–H groups in total. The first kappa shape index (κ1) is 17.7. The number of anilines is 1. The Morgan fingerprint density at radius 2 is 1.85 bits per heavy atom. The number of hydrogen-bond donors (Lipinski definition) is 2. The number of fused-ring (bicyclic) bond motifs is 1. The highest BCUT2D eigenvalue weighted by atomic mass is 32.1. The van der Waals surface area contributed by atoms with Crippen molar-refractivity contribution >= 4 is 44.5 Å². The van der Waals surface area contributed by atoms with Gasteiger partial charge in [-0.25, -0.2) is 4.98 Å². The molecule has 4 aromatic rings. The van der Waals surface area contributed by atoms with Gasteiger partial charge in [0.2, 0.25) is 0 Å². The van der Waals surface area contributed by atoms with Crippen molar-refractivity contribution in [3.63, 3.8) is 0 Å². The Morgan fingerprint density at radius 1 is 1.11 bits per heavy atom. The van der Waals surface area contributed by atoms with Crippen molar-refractivity contribution in [2.24, 2.45) is 5.73 Å². The van der Waals surface area contributed by atoms with Crippen LogP contribution in [0.3, 0.4) is 0 Å². The van der Waals surface area contributed by atoms with Crippen molar-refractivity contribution in [3.05, 3.63) is 58.3 Å². The largest absolute Gasteiger partial charge is 0.397 e. The monoisotopic (exact) mass is 393 g/mol. The number of carbonyl (C=O) groups excluding carboxylic acids is 1. The number of rotatable bonds is 4. The second kappa shape index (κ2) is 6.79. The molecule has 0 aliphatic rings. The Hall–Kier alpha value is -2.70. The minimum atomic E-state index is -0.514. The van der Waals surface area contributed by atoms with E-state index in [0.717, 1.165) is 37.5 Å². The first-order valence-electron chi connectivity index (χ1n) is 8.64. The van der Waals surface area contributed by atoms with Gasteiger partial charge in [0.05, 0.1) is 11.4 Å². The zero-order valence-electron chi connectivity index (χ0n) is 15.0. The molecule has 4 nitrogen and oxygen atoms in total. The summed E-state index contributed by atoms with van der Waals surface area (Å²) in [6, 6.07) is 14.2. The second-order valence-corrected chi connectivity index (χ2v) is 8.58. The van der Waals surface area contributed by atoms with E-state index in [1.807, 2.05) is 29.6 Å². The number of nitrogen functional groups attached to an aromatic ring is 1. The van der Waals surface area contributed by atoms with Crippen LogP contribution in [-0.2, 0) is 0 Å². The van der Waals surface area contributed by atoms with Gasteiger partial charge >= 0.3 is 0 Å². The maximum Gasteiger partial charge on any atom is 0.260 e. The Bertz CT molecular complexity index is 1130. The molecule has 0 atom stereocenters. The van der Waals surface area contributed by atoms with Gasteiger partial charge in [0, 0.05) is 21.4 Å². The zero-order valence-corrected chi connectivity index (χ0v) is 16.7. The molecular formula is C21H19N3OS2. The summed E-state index contributed by atoms with van der Waals surface area (Å²) in [6.45, 7) is 4.31. The fourth-order valence-corrected chi connectivity index (χ4v) is 5.15. The standard InChI is InChI=1S/C21H19N3OS2/c1-11(2)14-15(13-9-6-10-26-13)16-17(22)19(20(23)25)27-21(16)24-18(14)12-7-4-3-5-8-12/h3-11H,22H2,1-2H3,(H2,23,25). The van der Waals surface area contributed by atoms with Crippen molar-refractivity contribution in [2.75, 3.05) is 5.73 Å². The number of carbonyl (C=O) groups is 1. The van der Waals surface area contributed by atoms with E-state index in [0.29, 0.717) is 10.6 Å². The second-order valence-electron chi connectivity index (χ2n) is 6.64. The lowest BCUT2D eigenvalue weighted by Gasteiger charge is -2.18. The van der Waals surface area contributed by atoms with E-state index in [-0.39, 0.29) is 5.92 Å². The zero-order chi connectivity index (χ0) is 19.1. The minimum Gasteiger partial charge on any atom is -0.397 e. The Morgan fingerprint density at radius 3 is 2.44 bits per heavy atom. The van der Waals surface area contributed by atoms with Crippen LogP contribution in [0.25, 0.3) is 31.9 Å². The molecule has 6 heteroatoms. The summed E-state index contributed by atoms with van der Waals surface area (Å²) >= 11 is 2.92. The molecule has 3 heterocycles. The van der Waals surface area contributed by atoms with Crippen LogP contribution in [0.5, 0.6) is 0 Å². The number of benzene rings is 1.